The van der Waals surface area contributed by atoms with E-state index < -0.39 is 0 Å². The minimum Gasteiger partial charge on any atom is -0.486 e. The van der Waals surface area contributed by atoms with Gasteiger partial charge < -0.3 is 19.4 Å². The maximum absolute atomic E-state index is 12.4. The molecule has 4 rings (SSSR count). The Labute approximate surface area is 171 Å². The Hall–Kier alpha value is -2.64. The van der Waals surface area contributed by atoms with Crippen LogP contribution in [-0.2, 0) is 18.3 Å². The van der Waals surface area contributed by atoms with Crippen LogP contribution in [0.2, 0.25) is 5.02 Å². The summed E-state index contributed by atoms with van der Waals surface area (Å²) in [5, 5.41) is 4.27. The Morgan fingerprint density at radius 3 is 2.79 bits per heavy atom. The molecule has 0 bridgehead atoms. The SMILES string of the molecule is Cn1ccnc1Sc1ccc(NC(=O)Cc2cc(Cl)c3c(c2)OCCO3)cc1. The lowest BCUT2D eigenvalue weighted by Gasteiger charge is -2.20. The van der Waals surface area contributed by atoms with Crippen molar-refractivity contribution in [2.75, 3.05) is 18.5 Å². The molecule has 6 nitrogen and oxygen atoms in total. The molecule has 0 fully saturated rings. The highest BCUT2D eigenvalue weighted by molar-refractivity contribution is 7.99. The van der Waals surface area contributed by atoms with Crippen molar-refractivity contribution < 1.29 is 14.3 Å². The van der Waals surface area contributed by atoms with Gasteiger partial charge in [0.15, 0.2) is 16.7 Å². The Balaban J connectivity index is 1.38. The van der Waals surface area contributed by atoms with Gasteiger partial charge in [0.25, 0.3) is 0 Å². The lowest BCUT2D eigenvalue weighted by Crippen LogP contribution is -2.17. The van der Waals surface area contributed by atoms with Gasteiger partial charge in [-0.1, -0.05) is 23.4 Å². The number of hydrogen-bond donors (Lipinski definition) is 1. The predicted molar refractivity (Wildman–Crippen MR) is 109 cm³/mol. The van der Waals surface area contributed by atoms with E-state index >= 15 is 0 Å². The van der Waals surface area contributed by atoms with Gasteiger partial charge in [0.05, 0.1) is 11.4 Å². The third-order valence-corrected chi connectivity index (χ3v) is 5.51. The molecule has 144 valence electrons. The quantitative estimate of drug-likeness (QED) is 0.677. The number of aryl methyl sites for hydroxylation is 1. The van der Waals surface area contributed by atoms with Crippen LogP contribution in [0.4, 0.5) is 5.69 Å². The highest BCUT2D eigenvalue weighted by Gasteiger charge is 2.17. The molecule has 0 saturated heterocycles. The number of halogens is 1. The van der Waals surface area contributed by atoms with Crippen molar-refractivity contribution in [3.05, 3.63) is 59.4 Å². The number of aromatic nitrogens is 2. The molecule has 0 radical (unpaired) electrons. The molecule has 1 aromatic heterocycles. The molecular weight excluding hydrogens is 398 g/mol. The van der Waals surface area contributed by atoms with Gasteiger partial charge in [-0.05, 0) is 42.0 Å². The van der Waals surface area contributed by atoms with Crippen LogP contribution in [-0.4, -0.2) is 28.7 Å². The van der Waals surface area contributed by atoms with Crippen LogP contribution >= 0.6 is 23.4 Å². The van der Waals surface area contributed by atoms with Gasteiger partial charge in [0.2, 0.25) is 5.91 Å². The molecule has 1 aliphatic heterocycles. The minimum absolute atomic E-state index is 0.128. The third-order valence-electron chi connectivity index (χ3n) is 4.15. The van der Waals surface area contributed by atoms with Gasteiger partial charge >= 0.3 is 0 Å². The van der Waals surface area contributed by atoms with Crippen LogP contribution in [0.15, 0.2) is 58.8 Å². The second kappa shape index (κ2) is 8.16. The zero-order chi connectivity index (χ0) is 19.5. The Morgan fingerprint density at radius 1 is 1.25 bits per heavy atom. The maximum atomic E-state index is 12.4. The van der Waals surface area contributed by atoms with E-state index in [1.807, 2.05) is 42.1 Å². The molecule has 1 aliphatic rings. The van der Waals surface area contributed by atoms with E-state index in [2.05, 4.69) is 10.3 Å². The molecule has 2 heterocycles. The highest BCUT2D eigenvalue weighted by Crippen LogP contribution is 2.38. The zero-order valence-electron chi connectivity index (χ0n) is 15.1. The fraction of sp³-hybridized carbons (Fsp3) is 0.200. The van der Waals surface area contributed by atoms with Crippen LogP contribution in [0.5, 0.6) is 11.5 Å². The second-order valence-corrected chi connectivity index (χ2v) is 7.72. The average molecular weight is 416 g/mol. The molecule has 0 aliphatic carbocycles. The monoisotopic (exact) mass is 415 g/mol. The number of amides is 1. The number of carbonyl (C=O) groups excluding carboxylic acids is 1. The van der Waals surface area contributed by atoms with Gasteiger partial charge in [-0.2, -0.15) is 0 Å². The molecule has 1 amide bonds. The molecule has 0 atom stereocenters. The summed E-state index contributed by atoms with van der Waals surface area (Å²) in [4.78, 5) is 17.7. The lowest BCUT2D eigenvalue weighted by atomic mass is 10.1. The fourth-order valence-electron chi connectivity index (χ4n) is 2.82. The van der Waals surface area contributed by atoms with Crippen molar-refractivity contribution in [2.24, 2.45) is 7.05 Å². The Morgan fingerprint density at radius 2 is 2.04 bits per heavy atom. The zero-order valence-corrected chi connectivity index (χ0v) is 16.7. The van der Waals surface area contributed by atoms with E-state index in [4.69, 9.17) is 21.1 Å². The number of fused-ring (bicyclic) bond motifs is 1. The number of anilines is 1. The number of hydrogen-bond acceptors (Lipinski definition) is 5. The first kappa shape index (κ1) is 18.7. The van der Waals surface area contributed by atoms with E-state index in [0.717, 1.165) is 21.3 Å². The molecule has 28 heavy (non-hydrogen) atoms. The van der Waals surface area contributed by atoms with Crippen LogP contribution in [0.1, 0.15) is 5.56 Å². The molecule has 1 N–H and O–H groups in total. The van der Waals surface area contributed by atoms with Crippen molar-refractivity contribution in [3.8, 4) is 11.5 Å². The minimum atomic E-state index is -0.128. The summed E-state index contributed by atoms with van der Waals surface area (Å²) in [6.07, 6.45) is 3.86. The van der Waals surface area contributed by atoms with E-state index in [-0.39, 0.29) is 12.3 Å². The van der Waals surface area contributed by atoms with Gasteiger partial charge in [0.1, 0.15) is 13.2 Å². The number of ether oxygens (including phenoxy) is 2. The number of benzene rings is 2. The third kappa shape index (κ3) is 4.26. The summed E-state index contributed by atoms with van der Waals surface area (Å²) in [5.41, 5.74) is 1.51. The fourth-order valence-corrected chi connectivity index (χ4v) is 3.91. The van der Waals surface area contributed by atoms with Crippen molar-refractivity contribution in [1.82, 2.24) is 9.55 Å². The van der Waals surface area contributed by atoms with Gasteiger partial charge in [-0.15, -0.1) is 0 Å². The number of nitrogens with zero attached hydrogens (tertiary/aromatic N) is 2. The normalized spacial score (nSPS) is 12.6. The van der Waals surface area contributed by atoms with Crippen molar-refractivity contribution in [1.29, 1.82) is 0 Å². The number of carbonyl (C=O) groups is 1. The first-order chi connectivity index (χ1) is 13.6. The second-order valence-electron chi connectivity index (χ2n) is 6.27. The van der Waals surface area contributed by atoms with Gasteiger partial charge in [0, 0.05) is 30.0 Å². The molecule has 8 heteroatoms. The standard InChI is InChI=1S/C20H18ClN3O3S/c1-24-7-6-22-20(24)28-15-4-2-14(3-5-15)23-18(25)12-13-10-16(21)19-17(11-13)26-8-9-27-19/h2-7,10-11H,8-9,12H2,1H3,(H,23,25). The molecule has 3 aromatic rings. The van der Waals surface area contributed by atoms with Crippen LogP contribution in [0.25, 0.3) is 0 Å². The molecule has 0 saturated carbocycles. The number of imidazole rings is 1. The molecule has 2 aromatic carbocycles. The Bertz CT molecular complexity index is 1000. The summed E-state index contributed by atoms with van der Waals surface area (Å²) in [6, 6.07) is 11.2. The predicted octanol–water partition coefficient (Wildman–Crippen LogP) is 4.18. The van der Waals surface area contributed by atoms with Crippen molar-refractivity contribution in [2.45, 2.75) is 16.5 Å². The summed E-state index contributed by atoms with van der Waals surface area (Å²) in [6.45, 7) is 0.947. The van der Waals surface area contributed by atoms with Crippen molar-refractivity contribution >= 4 is 35.0 Å². The largest absolute Gasteiger partial charge is 0.486 e. The summed E-state index contributed by atoms with van der Waals surface area (Å²) >= 11 is 7.80. The number of nitrogens with one attached hydrogen (secondary N) is 1. The van der Waals surface area contributed by atoms with E-state index in [0.29, 0.717) is 29.7 Å². The summed E-state index contributed by atoms with van der Waals surface area (Å²) in [5.74, 6) is 0.993. The lowest BCUT2D eigenvalue weighted by molar-refractivity contribution is -0.115. The van der Waals surface area contributed by atoms with Crippen LogP contribution in [0.3, 0.4) is 0 Å². The first-order valence-corrected chi connectivity index (χ1v) is 9.91. The smallest absolute Gasteiger partial charge is 0.228 e. The summed E-state index contributed by atoms with van der Waals surface area (Å²) in [7, 11) is 1.95. The number of rotatable bonds is 5. The molecule has 0 unspecified atom stereocenters. The average Bonchev–Trinajstić information content (AvgIpc) is 3.08. The van der Waals surface area contributed by atoms with E-state index in [9.17, 15) is 4.79 Å². The molecule has 0 spiro atoms. The van der Waals surface area contributed by atoms with Gasteiger partial charge in [-0.25, -0.2) is 4.98 Å². The molecular formula is C20H18ClN3O3S. The first-order valence-electron chi connectivity index (χ1n) is 8.71. The summed E-state index contributed by atoms with van der Waals surface area (Å²) < 4.78 is 13.0. The Kier molecular flexibility index (Phi) is 5.45. The maximum Gasteiger partial charge on any atom is 0.228 e. The van der Waals surface area contributed by atoms with E-state index in [1.54, 1.807) is 30.1 Å². The van der Waals surface area contributed by atoms with Crippen LogP contribution < -0.4 is 14.8 Å². The van der Waals surface area contributed by atoms with Crippen molar-refractivity contribution in [3.63, 3.8) is 0 Å². The highest BCUT2D eigenvalue weighted by atomic mass is 35.5. The van der Waals surface area contributed by atoms with Crippen LogP contribution in [0, 0.1) is 0 Å². The van der Waals surface area contributed by atoms with Gasteiger partial charge in [-0.3, -0.25) is 4.79 Å². The topological polar surface area (TPSA) is 65.4 Å². The van der Waals surface area contributed by atoms with E-state index in [1.165, 1.54) is 0 Å².